The zero-order valence-electron chi connectivity index (χ0n) is 23.6. The van der Waals surface area contributed by atoms with Gasteiger partial charge in [0.25, 0.3) is 3.79 Å². The number of nitrogens with one attached hydrogen (secondary N) is 1. The second-order valence-corrected chi connectivity index (χ2v) is 11.6. The van der Waals surface area contributed by atoms with Gasteiger partial charge in [0.15, 0.2) is 18.3 Å². The summed E-state index contributed by atoms with van der Waals surface area (Å²) >= 11 is 17.6. The Balaban J connectivity index is 2.09. The van der Waals surface area contributed by atoms with Crippen LogP contribution in [-0.2, 0) is 54.1 Å². The van der Waals surface area contributed by atoms with Gasteiger partial charge in [0.1, 0.15) is 18.8 Å². The van der Waals surface area contributed by atoms with E-state index in [-0.39, 0.29) is 19.8 Å². The van der Waals surface area contributed by atoms with Crippen molar-refractivity contribution in [3.05, 3.63) is 71.8 Å². The van der Waals surface area contributed by atoms with Gasteiger partial charge in [-0.3, -0.25) is 15.0 Å². The van der Waals surface area contributed by atoms with Crippen LogP contribution < -0.4 is 0 Å². The molecule has 1 N–H and O–H groups in total. The Bertz CT molecular complexity index is 1230. The highest BCUT2D eigenvalue weighted by Crippen LogP contribution is 2.36. The van der Waals surface area contributed by atoms with Crippen LogP contribution in [0.1, 0.15) is 38.0 Å². The molecule has 0 amide bonds. The molecule has 234 valence electrons. The van der Waals surface area contributed by atoms with Gasteiger partial charge >= 0.3 is 17.9 Å². The molecule has 0 aromatic heterocycles. The van der Waals surface area contributed by atoms with Crippen LogP contribution in [0.4, 0.5) is 0 Å². The maximum Gasteiger partial charge on any atom is 0.339 e. The van der Waals surface area contributed by atoms with Crippen molar-refractivity contribution in [1.29, 1.82) is 5.41 Å². The highest BCUT2D eigenvalue weighted by molar-refractivity contribution is 6.76. The molecular weight excluding hydrogens is 629 g/mol. The van der Waals surface area contributed by atoms with Crippen molar-refractivity contribution in [3.8, 4) is 0 Å². The minimum atomic E-state index is -2.31. The smallest absolute Gasteiger partial charge is 0.339 e. The first kappa shape index (κ1) is 34.6. The number of halogens is 3. The Labute approximate surface area is 264 Å². The van der Waals surface area contributed by atoms with E-state index in [2.05, 4.69) is 0 Å². The van der Waals surface area contributed by atoms with Crippen LogP contribution >= 0.6 is 34.8 Å². The van der Waals surface area contributed by atoms with Crippen LogP contribution in [0.3, 0.4) is 0 Å². The lowest BCUT2D eigenvalue weighted by Gasteiger charge is -2.45. The standard InChI is InChI=1S/C29H32Cl3NO10/c1-4-37-26(36)22(20-13-9-6-10-14-20)42-25-24(40-18(3)35)23(39-15-19-11-7-5-8-12-19)21(16-38-17(2)34)41-27(25)43-28(33)29(30,31)32/h5-14,21-25,27,33H,4,15-16H2,1-3H3/t21-,22-,23-,24+,25-,27?/m1/s1. The van der Waals surface area contributed by atoms with E-state index < -0.39 is 64.4 Å². The van der Waals surface area contributed by atoms with Gasteiger partial charge in [-0.25, -0.2) is 4.79 Å². The summed E-state index contributed by atoms with van der Waals surface area (Å²) in [6.07, 6.45) is -8.03. The average Bonchev–Trinajstić information content (AvgIpc) is 2.95. The first-order chi connectivity index (χ1) is 20.4. The van der Waals surface area contributed by atoms with E-state index in [4.69, 9.17) is 73.4 Å². The molecule has 1 saturated heterocycles. The van der Waals surface area contributed by atoms with E-state index in [9.17, 15) is 14.4 Å². The molecule has 2 aromatic rings. The number of carbonyl (C=O) groups is 3. The van der Waals surface area contributed by atoms with E-state index in [1.807, 2.05) is 30.3 Å². The third kappa shape index (κ3) is 10.3. The Morgan fingerprint density at radius 2 is 1.51 bits per heavy atom. The molecule has 0 bridgehead atoms. The van der Waals surface area contributed by atoms with Crippen molar-refractivity contribution in [2.45, 2.75) is 68.0 Å². The number of carbonyl (C=O) groups excluding carboxylic acids is 3. The molecule has 1 heterocycles. The fourth-order valence-corrected chi connectivity index (χ4v) is 4.33. The van der Waals surface area contributed by atoms with Crippen LogP contribution in [0, 0.1) is 5.41 Å². The topological polar surface area (TPSA) is 140 Å². The maximum atomic E-state index is 13.1. The number of rotatable bonds is 12. The lowest BCUT2D eigenvalue weighted by atomic mass is 9.97. The van der Waals surface area contributed by atoms with Gasteiger partial charge in [-0.05, 0) is 18.1 Å². The third-order valence-electron chi connectivity index (χ3n) is 6.02. The van der Waals surface area contributed by atoms with Gasteiger partial charge in [-0.1, -0.05) is 95.5 Å². The second kappa shape index (κ2) is 16.2. The molecule has 2 aromatic carbocycles. The summed E-state index contributed by atoms with van der Waals surface area (Å²) in [5, 5.41) is 8.18. The highest BCUT2D eigenvalue weighted by atomic mass is 35.6. The van der Waals surface area contributed by atoms with Crippen molar-refractivity contribution in [3.63, 3.8) is 0 Å². The van der Waals surface area contributed by atoms with Crippen molar-refractivity contribution >= 4 is 58.6 Å². The molecule has 43 heavy (non-hydrogen) atoms. The van der Waals surface area contributed by atoms with Crippen molar-refractivity contribution < 1.29 is 47.5 Å². The molecule has 6 atom stereocenters. The zero-order valence-corrected chi connectivity index (χ0v) is 25.8. The van der Waals surface area contributed by atoms with E-state index >= 15 is 0 Å². The second-order valence-electron chi connectivity index (χ2n) is 9.27. The zero-order chi connectivity index (χ0) is 31.6. The van der Waals surface area contributed by atoms with Crippen molar-refractivity contribution in [2.24, 2.45) is 0 Å². The molecule has 3 rings (SSSR count). The summed E-state index contributed by atoms with van der Waals surface area (Å²) in [5.74, 6) is -2.96. The van der Waals surface area contributed by atoms with Crippen LogP contribution in [0.5, 0.6) is 0 Å². The molecule has 1 fully saturated rings. The van der Waals surface area contributed by atoms with E-state index in [0.29, 0.717) is 5.56 Å². The summed E-state index contributed by atoms with van der Waals surface area (Å²) < 4.78 is 38.0. The number of hydrogen-bond acceptors (Lipinski definition) is 11. The van der Waals surface area contributed by atoms with Crippen LogP contribution in [0.2, 0.25) is 0 Å². The number of esters is 3. The van der Waals surface area contributed by atoms with E-state index in [1.54, 1.807) is 37.3 Å². The largest absolute Gasteiger partial charge is 0.464 e. The number of alkyl halides is 3. The Morgan fingerprint density at radius 3 is 2.07 bits per heavy atom. The van der Waals surface area contributed by atoms with Gasteiger partial charge in [-0.2, -0.15) is 0 Å². The lowest BCUT2D eigenvalue weighted by Crippen LogP contribution is -2.63. The Morgan fingerprint density at radius 1 is 0.884 bits per heavy atom. The summed E-state index contributed by atoms with van der Waals surface area (Å²) in [6.45, 7) is 3.72. The van der Waals surface area contributed by atoms with Crippen molar-refractivity contribution in [1.82, 2.24) is 0 Å². The predicted molar refractivity (Wildman–Crippen MR) is 156 cm³/mol. The minimum Gasteiger partial charge on any atom is -0.464 e. The molecule has 1 unspecified atom stereocenters. The van der Waals surface area contributed by atoms with Crippen molar-refractivity contribution in [2.75, 3.05) is 13.2 Å². The number of benzene rings is 2. The summed E-state index contributed by atoms with van der Waals surface area (Å²) in [6, 6.07) is 17.5. The fraction of sp³-hybridized carbons (Fsp3) is 0.448. The monoisotopic (exact) mass is 659 g/mol. The van der Waals surface area contributed by atoms with Gasteiger partial charge in [0.2, 0.25) is 12.2 Å². The average molecular weight is 661 g/mol. The summed E-state index contributed by atoms with van der Waals surface area (Å²) in [5.41, 5.74) is 1.18. The predicted octanol–water partition coefficient (Wildman–Crippen LogP) is 4.85. The SMILES string of the molecule is CCOC(=O)[C@H](O[C@H]1C(OC(=N)C(Cl)(Cl)Cl)O[C@H](COC(C)=O)[C@@H](OCc2ccccc2)[C@@H]1OC(C)=O)c1ccccc1. The number of ether oxygens (including phenoxy) is 7. The van der Waals surface area contributed by atoms with Gasteiger partial charge in [-0.15, -0.1) is 0 Å². The Hall–Kier alpha value is -2.93. The third-order valence-corrected chi connectivity index (χ3v) is 6.53. The first-order valence-corrected chi connectivity index (χ1v) is 14.3. The molecule has 0 saturated carbocycles. The summed E-state index contributed by atoms with van der Waals surface area (Å²) in [4.78, 5) is 37.3. The van der Waals surface area contributed by atoms with Crippen LogP contribution in [0.25, 0.3) is 0 Å². The Kier molecular flexibility index (Phi) is 13.0. The van der Waals surface area contributed by atoms with Crippen LogP contribution in [0.15, 0.2) is 60.7 Å². The molecule has 14 heteroatoms. The van der Waals surface area contributed by atoms with Gasteiger partial charge in [0, 0.05) is 13.8 Å². The molecule has 1 aliphatic heterocycles. The highest BCUT2D eigenvalue weighted by Gasteiger charge is 2.53. The van der Waals surface area contributed by atoms with Crippen LogP contribution in [-0.4, -0.2) is 71.5 Å². The normalized spacial score (nSPS) is 22.6. The molecule has 1 aliphatic rings. The lowest BCUT2D eigenvalue weighted by molar-refractivity contribution is -0.309. The fourth-order valence-electron chi connectivity index (χ4n) is 4.20. The van der Waals surface area contributed by atoms with E-state index in [1.165, 1.54) is 13.8 Å². The first-order valence-electron chi connectivity index (χ1n) is 13.2. The van der Waals surface area contributed by atoms with Gasteiger partial charge in [0.05, 0.1) is 13.2 Å². The maximum absolute atomic E-state index is 13.1. The molecular formula is C29H32Cl3NO10. The minimum absolute atomic E-state index is 0.0331. The molecule has 0 spiro atoms. The molecule has 0 radical (unpaired) electrons. The van der Waals surface area contributed by atoms with Gasteiger partial charge < -0.3 is 33.2 Å². The summed E-state index contributed by atoms with van der Waals surface area (Å²) in [7, 11) is 0. The molecule has 11 nitrogen and oxygen atoms in total. The number of hydrogen-bond donors (Lipinski definition) is 1. The quantitative estimate of drug-likeness (QED) is 0.111. The van der Waals surface area contributed by atoms with E-state index in [0.717, 1.165) is 5.56 Å². The molecule has 0 aliphatic carbocycles.